The van der Waals surface area contributed by atoms with Gasteiger partial charge in [0.2, 0.25) is 0 Å². The summed E-state index contributed by atoms with van der Waals surface area (Å²) in [7, 11) is 0. The van der Waals surface area contributed by atoms with Gasteiger partial charge in [-0.05, 0) is 60.7 Å². The molecule has 0 spiro atoms. The summed E-state index contributed by atoms with van der Waals surface area (Å²) >= 11 is 5.72. The van der Waals surface area contributed by atoms with E-state index in [0.717, 1.165) is 22.9 Å². The van der Waals surface area contributed by atoms with E-state index in [4.69, 9.17) is 21.1 Å². The maximum atomic E-state index is 5.72. The summed E-state index contributed by atoms with van der Waals surface area (Å²) in [6, 6.07) is 17.8. The van der Waals surface area contributed by atoms with E-state index in [1.54, 1.807) is 12.5 Å². The molecule has 0 unspecified atom stereocenters. The fourth-order valence-electron chi connectivity index (χ4n) is 3.88. The third-order valence-electron chi connectivity index (χ3n) is 5.18. The fraction of sp³-hybridized carbons (Fsp3) is 0.182. The number of rotatable bonds is 6. The summed E-state index contributed by atoms with van der Waals surface area (Å²) in [6.45, 7) is 1.24. The zero-order chi connectivity index (χ0) is 19.6. The monoisotopic (exact) mass is 404 g/mol. The van der Waals surface area contributed by atoms with Crippen molar-refractivity contribution in [2.45, 2.75) is 25.2 Å². The molecule has 5 rings (SSSR count). The van der Waals surface area contributed by atoms with E-state index in [1.807, 2.05) is 48.7 Å². The quantitative estimate of drug-likeness (QED) is 0.484. The Morgan fingerprint density at radius 2 is 1.72 bits per heavy atom. The smallest absolute Gasteiger partial charge is 0.170 e. The lowest BCUT2D eigenvalue weighted by molar-refractivity contribution is 0.276. The van der Waals surface area contributed by atoms with Crippen LogP contribution in [0.5, 0.6) is 0 Å². The first kappa shape index (κ1) is 17.8. The molecule has 1 fully saturated rings. The molecule has 1 aliphatic heterocycles. The Balaban J connectivity index is 1.55. The third-order valence-corrected chi connectivity index (χ3v) is 5.53. The van der Waals surface area contributed by atoms with Crippen molar-refractivity contribution in [3.8, 4) is 0 Å². The number of pyridine rings is 1. The van der Waals surface area contributed by atoms with Gasteiger partial charge in [-0.2, -0.15) is 0 Å². The van der Waals surface area contributed by atoms with E-state index < -0.39 is 0 Å². The number of aromatic nitrogens is 2. The van der Waals surface area contributed by atoms with Crippen LogP contribution < -0.4 is 5.32 Å². The molecule has 146 valence electrons. The average Bonchev–Trinajstić information content (AvgIpc) is 3.53. The van der Waals surface area contributed by atoms with Crippen LogP contribution in [-0.2, 0) is 13.1 Å². The van der Waals surface area contributed by atoms with E-state index in [1.165, 1.54) is 0 Å². The SMILES string of the molecule is S=C1N[C@H](c2ccccn2)[C@H](c2cccn2Cc2ccco2)N1Cc1ccco1. The largest absolute Gasteiger partial charge is 0.467 e. The van der Waals surface area contributed by atoms with Gasteiger partial charge in [-0.15, -0.1) is 0 Å². The van der Waals surface area contributed by atoms with Gasteiger partial charge >= 0.3 is 0 Å². The second-order valence-electron chi connectivity index (χ2n) is 6.97. The van der Waals surface area contributed by atoms with Gasteiger partial charge in [0.1, 0.15) is 11.5 Å². The molecule has 4 aromatic rings. The van der Waals surface area contributed by atoms with Crippen LogP contribution in [0.25, 0.3) is 0 Å². The molecule has 29 heavy (non-hydrogen) atoms. The summed E-state index contributed by atoms with van der Waals surface area (Å²) in [5.41, 5.74) is 2.09. The number of nitrogens with one attached hydrogen (secondary N) is 1. The summed E-state index contributed by atoms with van der Waals surface area (Å²) in [5.74, 6) is 1.77. The van der Waals surface area contributed by atoms with Gasteiger partial charge in [-0.1, -0.05) is 6.07 Å². The topological polar surface area (TPSA) is 59.4 Å². The number of nitrogens with zero attached hydrogens (tertiary/aromatic N) is 3. The van der Waals surface area contributed by atoms with Crippen molar-refractivity contribution in [1.29, 1.82) is 0 Å². The summed E-state index contributed by atoms with van der Waals surface area (Å²) in [4.78, 5) is 6.76. The minimum atomic E-state index is -0.0658. The van der Waals surface area contributed by atoms with Crippen molar-refractivity contribution >= 4 is 17.3 Å². The van der Waals surface area contributed by atoms with E-state index in [0.29, 0.717) is 18.2 Å². The Bertz CT molecular complexity index is 1070. The fourth-order valence-corrected chi connectivity index (χ4v) is 4.18. The molecule has 4 aromatic heterocycles. The molecule has 1 aliphatic rings. The number of thiocarbonyl (C=S) groups is 1. The van der Waals surface area contributed by atoms with Crippen LogP contribution in [0.1, 0.15) is 35.0 Å². The van der Waals surface area contributed by atoms with Gasteiger partial charge in [-0.3, -0.25) is 4.98 Å². The highest BCUT2D eigenvalue weighted by Gasteiger charge is 2.41. The lowest BCUT2D eigenvalue weighted by Crippen LogP contribution is -2.30. The first-order valence-corrected chi connectivity index (χ1v) is 9.88. The highest BCUT2D eigenvalue weighted by molar-refractivity contribution is 7.80. The molecule has 0 aliphatic carbocycles. The maximum absolute atomic E-state index is 5.72. The van der Waals surface area contributed by atoms with Gasteiger partial charge in [0, 0.05) is 18.1 Å². The molecule has 1 saturated heterocycles. The lowest BCUT2D eigenvalue weighted by atomic mass is 10.0. The Morgan fingerprint density at radius 3 is 2.41 bits per heavy atom. The molecular weight excluding hydrogens is 384 g/mol. The van der Waals surface area contributed by atoms with Crippen LogP contribution >= 0.6 is 12.2 Å². The number of furan rings is 2. The standard InChI is InChI=1S/C22H20N4O2S/c29-22-24-20(18-8-1-2-10-23-18)21(26(22)15-17-7-5-13-28-17)19-9-3-11-25(19)14-16-6-4-12-27-16/h1-13,20-21H,14-15H2,(H,24,29)/t20-,21+/m1/s1. The van der Waals surface area contributed by atoms with Crippen molar-refractivity contribution in [3.63, 3.8) is 0 Å². The first-order chi connectivity index (χ1) is 14.3. The molecule has 1 N–H and O–H groups in total. The molecule has 0 radical (unpaired) electrons. The molecule has 0 bridgehead atoms. The Kier molecular flexibility index (Phi) is 4.65. The Morgan fingerprint density at radius 1 is 0.931 bits per heavy atom. The van der Waals surface area contributed by atoms with E-state index in [-0.39, 0.29) is 12.1 Å². The average molecular weight is 404 g/mol. The summed E-state index contributed by atoms with van der Waals surface area (Å²) < 4.78 is 13.4. The molecule has 5 heterocycles. The van der Waals surface area contributed by atoms with Crippen molar-refractivity contribution in [1.82, 2.24) is 19.8 Å². The molecule has 0 amide bonds. The van der Waals surface area contributed by atoms with Crippen LogP contribution in [0.4, 0.5) is 0 Å². The number of hydrogen-bond donors (Lipinski definition) is 1. The number of hydrogen-bond acceptors (Lipinski definition) is 4. The van der Waals surface area contributed by atoms with Crippen molar-refractivity contribution < 1.29 is 8.83 Å². The zero-order valence-electron chi connectivity index (χ0n) is 15.6. The van der Waals surface area contributed by atoms with Crippen molar-refractivity contribution in [2.75, 3.05) is 0 Å². The predicted molar refractivity (Wildman–Crippen MR) is 112 cm³/mol. The molecule has 0 saturated carbocycles. The van der Waals surface area contributed by atoms with Crippen molar-refractivity contribution in [3.05, 3.63) is 102 Å². The van der Waals surface area contributed by atoms with Gasteiger partial charge in [0.15, 0.2) is 5.11 Å². The van der Waals surface area contributed by atoms with E-state index >= 15 is 0 Å². The van der Waals surface area contributed by atoms with Gasteiger partial charge < -0.3 is 23.6 Å². The first-order valence-electron chi connectivity index (χ1n) is 9.47. The van der Waals surface area contributed by atoms with Gasteiger partial charge in [0.05, 0.1) is 43.4 Å². The Labute approximate surface area is 173 Å². The Hall–Kier alpha value is -3.32. The second-order valence-corrected chi connectivity index (χ2v) is 7.36. The summed E-state index contributed by atoms with van der Waals surface area (Å²) in [6.07, 6.45) is 7.27. The summed E-state index contributed by atoms with van der Waals surface area (Å²) in [5, 5.41) is 4.16. The highest BCUT2D eigenvalue weighted by atomic mass is 32.1. The minimum absolute atomic E-state index is 0.0348. The molecule has 7 heteroatoms. The van der Waals surface area contributed by atoms with Crippen LogP contribution in [0, 0.1) is 0 Å². The van der Waals surface area contributed by atoms with Gasteiger partial charge in [0.25, 0.3) is 0 Å². The zero-order valence-corrected chi connectivity index (χ0v) is 16.5. The molecule has 6 nitrogen and oxygen atoms in total. The van der Waals surface area contributed by atoms with Crippen molar-refractivity contribution in [2.24, 2.45) is 0 Å². The van der Waals surface area contributed by atoms with Gasteiger partial charge in [-0.25, -0.2) is 0 Å². The maximum Gasteiger partial charge on any atom is 0.170 e. The third kappa shape index (κ3) is 3.45. The lowest BCUT2D eigenvalue weighted by Gasteiger charge is -2.28. The van der Waals surface area contributed by atoms with Crippen LogP contribution in [0.3, 0.4) is 0 Å². The van der Waals surface area contributed by atoms with Crippen LogP contribution in [0.2, 0.25) is 0 Å². The molecular formula is C22H20N4O2S. The van der Waals surface area contributed by atoms with E-state index in [2.05, 4.69) is 38.1 Å². The van der Waals surface area contributed by atoms with Crippen LogP contribution in [-0.4, -0.2) is 19.6 Å². The highest BCUT2D eigenvalue weighted by Crippen LogP contribution is 2.39. The second kappa shape index (κ2) is 7.60. The van der Waals surface area contributed by atoms with Crippen LogP contribution in [0.15, 0.2) is 88.4 Å². The predicted octanol–water partition coefficient (Wildman–Crippen LogP) is 4.29. The minimum Gasteiger partial charge on any atom is -0.467 e. The molecule has 0 aromatic carbocycles. The normalized spacial score (nSPS) is 18.9. The molecule has 2 atom stereocenters. The van der Waals surface area contributed by atoms with E-state index in [9.17, 15) is 0 Å².